The van der Waals surface area contributed by atoms with Gasteiger partial charge in [0.05, 0.1) is 0 Å². The van der Waals surface area contributed by atoms with Crippen LogP contribution < -0.4 is 10.6 Å². The minimum absolute atomic E-state index is 0.0404. The van der Waals surface area contributed by atoms with E-state index in [4.69, 9.17) is 0 Å². The van der Waals surface area contributed by atoms with E-state index < -0.39 is 35.7 Å². The Morgan fingerprint density at radius 3 is 2.18 bits per heavy atom. The molecule has 0 heterocycles. The van der Waals surface area contributed by atoms with Crippen LogP contribution in [-0.2, 0) is 27.2 Å². The van der Waals surface area contributed by atoms with Gasteiger partial charge < -0.3 is 15.7 Å². The van der Waals surface area contributed by atoms with E-state index in [0.29, 0.717) is 5.56 Å². The highest BCUT2D eigenvalue weighted by Gasteiger charge is 2.26. The third-order valence-corrected chi connectivity index (χ3v) is 4.64. The van der Waals surface area contributed by atoms with Crippen molar-refractivity contribution in [3.05, 3.63) is 69.0 Å². The highest BCUT2D eigenvalue weighted by Crippen LogP contribution is 2.11. The minimum atomic E-state index is -1.18. The number of hydrogen-bond acceptors (Lipinski definition) is 3. The Hall–Kier alpha value is -2.49. The lowest BCUT2D eigenvalue weighted by Crippen LogP contribution is -2.52. The maximum atomic E-state index is 13.4. The second-order valence-electron chi connectivity index (χ2n) is 6.32. The number of carbonyl (C=O) groups excluding carboxylic acids is 2. The number of rotatable bonds is 8. The highest BCUT2D eigenvalue weighted by atomic mass is 127. The monoisotopic (exact) mass is 498 g/mol. The van der Waals surface area contributed by atoms with Crippen molar-refractivity contribution in [2.45, 2.75) is 31.8 Å². The minimum Gasteiger partial charge on any atom is -0.480 e. The number of nitrogens with one attached hydrogen (secondary N) is 2. The van der Waals surface area contributed by atoms with Gasteiger partial charge in [0.2, 0.25) is 11.8 Å². The van der Waals surface area contributed by atoms with Crippen LogP contribution in [-0.4, -0.2) is 35.0 Å². The van der Waals surface area contributed by atoms with Gasteiger partial charge in [-0.1, -0.05) is 24.3 Å². The van der Waals surface area contributed by atoms with E-state index in [1.165, 1.54) is 25.1 Å². The van der Waals surface area contributed by atoms with Crippen molar-refractivity contribution in [2.24, 2.45) is 0 Å². The van der Waals surface area contributed by atoms with E-state index in [9.17, 15) is 23.9 Å². The number of hydrogen-bond donors (Lipinski definition) is 3. The van der Waals surface area contributed by atoms with E-state index in [1.54, 1.807) is 12.1 Å². The number of halogens is 2. The van der Waals surface area contributed by atoms with Crippen molar-refractivity contribution in [3.63, 3.8) is 0 Å². The molecule has 0 aliphatic heterocycles. The smallest absolute Gasteiger partial charge is 0.326 e. The van der Waals surface area contributed by atoms with E-state index in [2.05, 4.69) is 33.2 Å². The number of carbonyl (C=O) groups is 3. The molecule has 2 amide bonds. The van der Waals surface area contributed by atoms with Gasteiger partial charge >= 0.3 is 5.97 Å². The SMILES string of the molecule is CC(=O)N[C@H](Cc1cccc(F)c1)C(=O)N[C@H](Cc1cccc(I)c1)C(=O)O. The molecule has 0 aliphatic rings. The average molecular weight is 498 g/mol. The zero-order chi connectivity index (χ0) is 20.7. The number of carboxylic acid groups (broad SMARTS) is 1. The lowest BCUT2D eigenvalue weighted by Gasteiger charge is -2.21. The number of carboxylic acids is 1. The summed E-state index contributed by atoms with van der Waals surface area (Å²) in [6.07, 6.45) is 0.142. The maximum Gasteiger partial charge on any atom is 0.326 e. The average Bonchev–Trinajstić information content (AvgIpc) is 2.60. The molecule has 0 saturated heterocycles. The third kappa shape index (κ3) is 6.91. The zero-order valence-electron chi connectivity index (χ0n) is 15.1. The third-order valence-electron chi connectivity index (χ3n) is 3.97. The molecule has 2 atom stereocenters. The van der Waals surface area contributed by atoms with Crippen molar-refractivity contribution in [1.82, 2.24) is 10.6 Å². The molecule has 2 rings (SSSR count). The number of aliphatic carboxylic acids is 1. The Labute approximate surface area is 175 Å². The van der Waals surface area contributed by atoms with Crippen LogP contribution in [0.4, 0.5) is 4.39 Å². The van der Waals surface area contributed by atoms with E-state index in [0.717, 1.165) is 9.13 Å². The first-order chi connectivity index (χ1) is 13.2. The van der Waals surface area contributed by atoms with Crippen LogP contribution >= 0.6 is 22.6 Å². The summed E-state index contributed by atoms with van der Waals surface area (Å²) in [4.78, 5) is 35.8. The van der Waals surface area contributed by atoms with Crippen molar-refractivity contribution in [1.29, 1.82) is 0 Å². The van der Waals surface area contributed by atoms with Gasteiger partial charge in [0, 0.05) is 23.3 Å². The molecule has 0 unspecified atom stereocenters. The zero-order valence-corrected chi connectivity index (χ0v) is 17.3. The van der Waals surface area contributed by atoms with Crippen molar-refractivity contribution >= 4 is 40.4 Å². The Morgan fingerprint density at radius 1 is 1.00 bits per heavy atom. The fourth-order valence-electron chi connectivity index (χ4n) is 2.73. The predicted molar refractivity (Wildman–Crippen MR) is 110 cm³/mol. The van der Waals surface area contributed by atoms with Gasteiger partial charge in [-0.2, -0.15) is 0 Å². The van der Waals surface area contributed by atoms with Crippen LogP contribution in [0.2, 0.25) is 0 Å². The van der Waals surface area contributed by atoms with Gasteiger partial charge in [0.1, 0.15) is 17.9 Å². The van der Waals surface area contributed by atoms with Gasteiger partial charge in [-0.15, -0.1) is 0 Å². The Kier molecular flexibility index (Phi) is 7.91. The molecule has 2 aromatic rings. The summed E-state index contributed by atoms with van der Waals surface area (Å²) in [6, 6.07) is 10.8. The molecule has 8 heteroatoms. The van der Waals surface area contributed by atoms with Crippen molar-refractivity contribution < 1.29 is 23.9 Å². The molecule has 0 aromatic heterocycles. The van der Waals surface area contributed by atoms with Crippen LogP contribution in [0.25, 0.3) is 0 Å². The largest absolute Gasteiger partial charge is 0.480 e. The summed E-state index contributed by atoms with van der Waals surface area (Å²) in [5.74, 6) is -2.72. The van der Waals surface area contributed by atoms with E-state index in [1.807, 2.05) is 18.2 Å². The molecule has 0 bridgehead atoms. The molecule has 0 fully saturated rings. The molecular weight excluding hydrogens is 478 g/mol. The maximum absolute atomic E-state index is 13.4. The summed E-state index contributed by atoms with van der Waals surface area (Å²) >= 11 is 2.12. The van der Waals surface area contributed by atoms with Crippen molar-refractivity contribution in [2.75, 3.05) is 0 Å². The van der Waals surface area contributed by atoms with Crippen LogP contribution in [0, 0.1) is 9.39 Å². The fraction of sp³-hybridized carbons (Fsp3) is 0.250. The molecule has 0 radical (unpaired) electrons. The second-order valence-corrected chi connectivity index (χ2v) is 7.57. The predicted octanol–water partition coefficient (Wildman–Crippen LogP) is 2.29. The van der Waals surface area contributed by atoms with Crippen molar-refractivity contribution in [3.8, 4) is 0 Å². The van der Waals surface area contributed by atoms with Crippen LogP contribution in [0.15, 0.2) is 48.5 Å². The molecular formula is C20H20FIN2O4. The molecule has 2 aromatic carbocycles. The Bertz CT molecular complexity index is 875. The quantitative estimate of drug-likeness (QED) is 0.487. The van der Waals surface area contributed by atoms with E-state index >= 15 is 0 Å². The molecule has 0 saturated carbocycles. The first kappa shape index (κ1) is 21.8. The summed E-state index contributed by atoms with van der Waals surface area (Å²) < 4.78 is 14.4. The summed E-state index contributed by atoms with van der Waals surface area (Å²) in [6.45, 7) is 1.26. The normalized spacial score (nSPS) is 12.7. The molecule has 0 spiro atoms. The first-order valence-corrected chi connectivity index (χ1v) is 9.61. The Balaban J connectivity index is 2.14. The highest BCUT2D eigenvalue weighted by molar-refractivity contribution is 14.1. The van der Waals surface area contributed by atoms with Gasteiger partial charge in [-0.05, 0) is 58.0 Å². The molecule has 148 valence electrons. The Morgan fingerprint density at radius 2 is 1.61 bits per heavy atom. The molecule has 6 nitrogen and oxygen atoms in total. The lowest BCUT2D eigenvalue weighted by atomic mass is 10.0. The summed E-state index contributed by atoms with van der Waals surface area (Å²) in [5.41, 5.74) is 1.28. The summed E-state index contributed by atoms with van der Waals surface area (Å²) in [7, 11) is 0. The topological polar surface area (TPSA) is 95.5 Å². The number of benzene rings is 2. The molecule has 0 aliphatic carbocycles. The van der Waals surface area contributed by atoms with Crippen LogP contribution in [0.5, 0.6) is 0 Å². The summed E-state index contributed by atoms with van der Waals surface area (Å²) in [5, 5.41) is 14.5. The number of amides is 2. The second kappa shape index (κ2) is 10.2. The van der Waals surface area contributed by atoms with E-state index in [-0.39, 0.29) is 12.8 Å². The lowest BCUT2D eigenvalue weighted by molar-refractivity contribution is -0.142. The molecule has 28 heavy (non-hydrogen) atoms. The standard InChI is InChI=1S/C20H20FIN2O4/c1-12(25)23-17(10-13-4-2-6-15(21)8-13)19(26)24-18(20(27)28)11-14-5-3-7-16(22)9-14/h2-9,17-18H,10-11H2,1H3,(H,23,25)(H,24,26)(H,27,28)/t17-,18-/m1/s1. The van der Waals surface area contributed by atoms with Crippen LogP contribution in [0.1, 0.15) is 18.1 Å². The van der Waals surface area contributed by atoms with Gasteiger partial charge in [0.25, 0.3) is 0 Å². The fourth-order valence-corrected chi connectivity index (χ4v) is 3.33. The first-order valence-electron chi connectivity index (χ1n) is 8.53. The molecule has 3 N–H and O–H groups in total. The van der Waals surface area contributed by atoms with Gasteiger partial charge in [-0.3, -0.25) is 9.59 Å². The van der Waals surface area contributed by atoms with Gasteiger partial charge in [-0.25, -0.2) is 9.18 Å². The van der Waals surface area contributed by atoms with Gasteiger partial charge in [0.15, 0.2) is 0 Å². The van der Waals surface area contributed by atoms with Crippen LogP contribution in [0.3, 0.4) is 0 Å².